The van der Waals surface area contributed by atoms with E-state index >= 15 is 0 Å². The summed E-state index contributed by atoms with van der Waals surface area (Å²) in [5.41, 5.74) is 4.66. The molecule has 0 saturated heterocycles. The molecule has 0 bridgehead atoms. The molecule has 4 aliphatic rings. The van der Waals surface area contributed by atoms with Gasteiger partial charge in [-0.1, -0.05) is 78.5 Å². The third-order valence-corrected chi connectivity index (χ3v) is 4.69. The van der Waals surface area contributed by atoms with Crippen molar-refractivity contribution in [3.8, 4) is 0 Å². The average Bonchev–Trinajstić information content (AvgIpc) is 2.85. The maximum Gasteiger partial charge on any atom is 0 e. The summed E-state index contributed by atoms with van der Waals surface area (Å²) in [6.45, 7) is 0. The molecule has 0 saturated carbocycles. The van der Waals surface area contributed by atoms with Crippen molar-refractivity contribution in [2.24, 2.45) is 0 Å². The standard InChI is InChI=1S/2C12H8N2.H3NO2.Pb/c2*1-3-9-5-6-10-4-2-8-14-12(10)11(9)13-7-1;2-1-3;/h2*1-8H;1-3H;/q2*-2;;. The van der Waals surface area contributed by atoms with E-state index in [4.69, 9.17) is 10.4 Å². The van der Waals surface area contributed by atoms with Crippen molar-refractivity contribution >= 4 is 74.4 Å². The number of benzene rings is 2. The van der Waals surface area contributed by atoms with Crippen molar-refractivity contribution in [3.63, 3.8) is 0 Å². The molecule has 0 unspecified atom stereocenters. The van der Waals surface area contributed by atoms with Crippen LogP contribution in [0.15, 0.2) is 73.4 Å². The summed E-state index contributed by atoms with van der Waals surface area (Å²) >= 11 is 0. The molecule has 8 heteroatoms. The van der Waals surface area contributed by atoms with Gasteiger partial charge in [-0.25, -0.2) is 0 Å². The number of nitrogens with one attached hydrogen (secondary N) is 1. The predicted octanol–water partition coefficient (Wildman–Crippen LogP) is 3.60. The van der Waals surface area contributed by atoms with Crippen LogP contribution < -0.4 is 26.5 Å². The van der Waals surface area contributed by atoms with E-state index in [1.807, 2.05) is 24.3 Å². The van der Waals surface area contributed by atoms with Gasteiger partial charge >= 0.3 is 0 Å². The number of fused-ring (bicyclic) bond motifs is 6. The zero-order valence-electron chi connectivity index (χ0n) is 16.9. The molecule has 0 amide bonds. The van der Waals surface area contributed by atoms with Crippen LogP contribution in [0, 0.1) is 0 Å². The van der Waals surface area contributed by atoms with E-state index in [1.165, 1.54) is 0 Å². The first kappa shape index (κ1) is 23.5. The first-order valence-electron chi connectivity index (χ1n) is 9.52. The summed E-state index contributed by atoms with van der Waals surface area (Å²) < 4.78 is 0. The number of nitrogens with zero attached hydrogens (tertiary/aromatic N) is 4. The molecule has 2 aromatic carbocycles. The number of hydrogen-bond donors (Lipinski definition) is 3. The molecule has 2 aromatic rings. The summed E-state index contributed by atoms with van der Waals surface area (Å²) in [6, 6.07) is 8.30. The maximum absolute atomic E-state index is 6.88. The van der Waals surface area contributed by atoms with Crippen LogP contribution in [0.1, 0.15) is 0 Å². The van der Waals surface area contributed by atoms with E-state index in [0.29, 0.717) is 0 Å². The Morgan fingerprint density at radius 3 is 0.906 bits per heavy atom. The first-order valence-corrected chi connectivity index (χ1v) is 9.52. The summed E-state index contributed by atoms with van der Waals surface area (Å²) in [7, 11) is 0. The number of allylic oxidation sites excluding steroid dienone is 4. The third-order valence-electron chi connectivity index (χ3n) is 4.69. The minimum Gasteiger partial charge on any atom is -0.665 e. The smallest absolute Gasteiger partial charge is 0 e. The Kier molecular flexibility index (Phi) is 8.45. The van der Waals surface area contributed by atoms with Gasteiger partial charge in [0.25, 0.3) is 0 Å². The van der Waals surface area contributed by atoms with E-state index in [2.05, 4.69) is 69.8 Å². The topological polar surface area (TPSA) is 109 Å². The van der Waals surface area contributed by atoms with Crippen LogP contribution in [0.5, 0.6) is 0 Å². The Labute approximate surface area is 205 Å². The van der Waals surface area contributed by atoms with E-state index in [9.17, 15) is 0 Å². The minimum atomic E-state index is 0. The quantitative estimate of drug-likeness (QED) is 0.311. The fraction of sp³-hybridized carbons (Fsp3) is 0. The number of hydrogen-bond acceptors (Lipinski definition) is 3. The van der Waals surface area contributed by atoms with Gasteiger partial charge in [0.1, 0.15) is 0 Å². The minimum absolute atomic E-state index is 0. The van der Waals surface area contributed by atoms with Crippen LogP contribution >= 0.6 is 0 Å². The number of rotatable bonds is 0. The van der Waals surface area contributed by atoms with Crippen molar-refractivity contribution in [2.45, 2.75) is 0 Å². The second-order valence-electron chi connectivity index (χ2n) is 6.53. The van der Waals surface area contributed by atoms with Crippen LogP contribution in [-0.2, 0) is 0 Å². The molecule has 32 heavy (non-hydrogen) atoms. The third kappa shape index (κ3) is 5.19. The molecule has 4 aliphatic heterocycles. The van der Waals surface area contributed by atoms with Gasteiger partial charge in [0.05, 0.1) is 0 Å². The van der Waals surface area contributed by atoms with Crippen LogP contribution in [0.25, 0.3) is 45.6 Å². The maximum atomic E-state index is 6.88. The molecule has 0 fully saturated rings. The summed E-state index contributed by atoms with van der Waals surface area (Å²) in [5, 5.41) is 35.7. The van der Waals surface area contributed by atoms with E-state index < -0.39 is 0 Å². The largest absolute Gasteiger partial charge is 0.665 e. The van der Waals surface area contributed by atoms with Gasteiger partial charge in [-0.2, -0.15) is 24.8 Å². The fourth-order valence-corrected chi connectivity index (χ4v) is 3.36. The van der Waals surface area contributed by atoms with E-state index in [1.54, 1.807) is 24.8 Å². The molecular weight excluding hydrogens is 597 g/mol. The van der Waals surface area contributed by atoms with Gasteiger partial charge in [0.2, 0.25) is 0 Å². The Hall–Kier alpha value is -3.12. The monoisotopic (exact) mass is 617 g/mol. The van der Waals surface area contributed by atoms with E-state index in [-0.39, 0.29) is 27.3 Å². The zero-order valence-corrected chi connectivity index (χ0v) is 20.8. The summed E-state index contributed by atoms with van der Waals surface area (Å²) in [5.74, 6) is 0. The molecule has 4 heterocycles. The molecule has 6 rings (SSSR count). The molecular formula is C24H19N5O2Pb-4. The predicted molar refractivity (Wildman–Crippen MR) is 130 cm³/mol. The van der Waals surface area contributed by atoms with Crippen LogP contribution in [-0.4, -0.2) is 37.7 Å². The zero-order chi connectivity index (χ0) is 21.5. The average molecular weight is 617 g/mol. The molecule has 0 atom stereocenters. The molecule has 4 radical (unpaired) electrons. The van der Waals surface area contributed by atoms with Gasteiger partial charge in [-0.3, -0.25) is 10.4 Å². The van der Waals surface area contributed by atoms with Crippen molar-refractivity contribution in [1.82, 2.24) is 5.64 Å². The Morgan fingerprint density at radius 2 is 0.688 bits per heavy atom. The van der Waals surface area contributed by atoms with Crippen molar-refractivity contribution in [1.29, 1.82) is 0 Å². The molecule has 0 spiro atoms. The molecule has 3 N–H and O–H groups in total. The fourth-order valence-electron chi connectivity index (χ4n) is 3.36. The second-order valence-corrected chi connectivity index (χ2v) is 6.53. The van der Waals surface area contributed by atoms with Gasteiger partial charge in [0.15, 0.2) is 0 Å². The molecule has 0 aromatic heterocycles. The van der Waals surface area contributed by atoms with Gasteiger partial charge in [-0.05, 0) is 20.9 Å². The molecule has 7 nitrogen and oxygen atoms in total. The van der Waals surface area contributed by atoms with Gasteiger partial charge < -0.3 is 21.3 Å². The van der Waals surface area contributed by atoms with Crippen LogP contribution in [0.2, 0.25) is 0 Å². The Bertz CT molecular complexity index is 1140. The summed E-state index contributed by atoms with van der Waals surface area (Å²) in [4.78, 5) is 0. The van der Waals surface area contributed by atoms with Crippen molar-refractivity contribution < 1.29 is 10.4 Å². The molecule has 0 aliphatic carbocycles. The van der Waals surface area contributed by atoms with Gasteiger partial charge in [0, 0.05) is 27.3 Å². The first-order chi connectivity index (χ1) is 15.3. The normalized spacial score (nSPS) is 14.1. The van der Waals surface area contributed by atoms with Crippen LogP contribution in [0.4, 0.5) is 22.7 Å². The molecule has 160 valence electrons. The second kappa shape index (κ2) is 11.5. The Morgan fingerprint density at radius 1 is 0.469 bits per heavy atom. The summed E-state index contributed by atoms with van der Waals surface area (Å²) in [6.07, 6.45) is 23.2. The van der Waals surface area contributed by atoms with Crippen LogP contribution in [0.3, 0.4) is 0 Å². The Balaban J connectivity index is 0.000000157. The van der Waals surface area contributed by atoms with Crippen molar-refractivity contribution in [2.75, 3.05) is 0 Å². The van der Waals surface area contributed by atoms with E-state index in [0.717, 1.165) is 49.3 Å². The van der Waals surface area contributed by atoms with Crippen molar-refractivity contribution in [3.05, 3.63) is 116 Å². The SMILES string of the molecule is C1=C[N-]c2c3c(ccc2=C1)=CC=C[N-]3.C1=C[N-]c2c3c(ccc2=C1)=CC=C[N-]3.ONO.[Pb]. The van der Waals surface area contributed by atoms with Gasteiger partial charge in [-0.15, -0.1) is 22.7 Å².